The molecule has 0 fully saturated rings. The van der Waals surface area contributed by atoms with Crippen LogP contribution in [0.25, 0.3) is 0 Å². The Morgan fingerprint density at radius 2 is 1.72 bits per heavy atom. The van der Waals surface area contributed by atoms with Crippen molar-refractivity contribution in [2.45, 2.75) is 30.4 Å². The summed E-state index contributed by atoms with van der Waals surface area (Å²) >= 11 is 1.28. The number of nitro groups is 1. The van der Waals surface area contributed by atoms with E-state index in [1.54, 1.807) is 43.3 Å². The van der Waals surface area contributed by atoms with Crippen molar-refractivity contribution in [1.29, 1.82) is 0 Å². The van der Waals surface area contributed by atoms with E-state index in [0.29, 0.717) is 12.4 Å². The molecule has 25 heavy (non-hydrogen) atoms. The molecule has 2 rings (SSSR count). The van der Waals surface area contributed by atoms with Crippen molar-refractivity contribution < 1.29 is 19.2 Å². The summed E-state index contributed by atoms with van der Waals surface area (Å²) in [6.07, 6.45) is 0.925. The molecule has 6 nitrogen and oxygen atoms in total. The molecule has 0 aliphatic heterocycles. The van der Waals surface area contributed by atoms with Crippen LogP contribution in [0.2, 0.25) is 0 Å². The zero-order chi connectivity index (χ0) is 18.2. The summed E-state index contributed by atoms with van der Waals surface area (Å²) in [5.41, 5.74) is 0.0185. The fourth-order valence-corrected chi connectivity index (χ4v) is 2.77. The van der Waals surface area contributed by atoms with Crippen LogP contribution >= 0.6 is 11.8 Å². The average Bonchev–Trinajstić information content (AvgIpc) is 2.61. The van der Waals surface area contributed by atoms with E-state index >= 15 is 0 Å². The number of carbonyl (C=O) groups excluding carboxylic acids is 1. The molecule has 0 bridgehead atoms. The molecule has 0 saturated carbocycles. The highest BCUT2D eigenvalue weighted by molar-refractivity contribution is 8.00. The van der Waals surface area contributed by atoms with Gasteiger partial charge in [-0.3, -0.25) is 14.9 Å². The number of rotatable bonds is 8. The summed E-state index contributed by atoms with van der Waals surface area (Å²) in [7, 11) is 0. The number of esters is 1. The van der Waals surface area contributed by atoms with Gasteiger partial charge in [-0.1, -0.05) is 6.92 Å². The van der Waals surface area contributed by atoms with Crippen LogP contribution in [0.1, 0.15) is 20.3 Å². The van der Waals surface area contributed by atoms with Crippen LogP contribution in [0.4, 0.5) is 5.69 Å². The lowest BCUT2D eigenvalue weighted by molar-refractivity contribution is -0.384. The maximum absolute atomic E-state index is 12.2. The van der Waals surface area contributed by atoms with Crippen molar-refractivity contribution in [3.63, 3.8) is 0 Å². The molecule has 132 valence electrons. The molecule has 7 heteroatoms. The Balaban J connectivity index is 1.90. The van der Waals surface area contributed by atoms with Crippen molar-refractivity contribution in [3.05, 3.63) is 58.6 Å². The lowest BCUT2D eigenvalue weighted by Gasteiger charge is -2.11. The van der Waals surface area contributed by atoms with Gasteiger partial charge in [0.05, 0.1) is 11.5 Å². The molecular formula is C18H19NO5S. The zero-order valence-electron chi connectivity index (χ0n) is 14.0. The Morgan fingerprint density at radius 3 is 2.28 bits per heavy atom. The normalized spacial score (nSPS) is 11.6. The predicted octanol–water partition coefficient (Wildman–Crippen LogP) is 4.47. The summed E-state index contributed by atoms with van der Waals surface area (Å²) in [5.74, 6) is 0.797. The summed E-state index contributed by atoms with van der Waals surface area (Å²) in [5, 5.41) is 10.2. The Labute approximate surface area is 150 Å². The largest absolute Gasteiger partial charge is 0.494 e. The molecule has 0 N–H and O–H groups in total. The van der Waals surface area contributed by atoms with Gasteiger partial charge >= 0.3 is 5.97 Å². The van der Waals surface area contributed by atoms with Crippen LogP contribution in [0.5, 0.6) is 11.5 Å². The second-order valence-electron chi connectivity index (χ2n) is 5.25. The third-order valence-corrected chi connectivity index (χ3v) is 4.30. The minimum Gasteiger partial charge on any atom is -0.494 e. The molecule has 0 spiro atoms. The van der Waals surface area contributed by atoms with Crippen LogP contribution in [-0.2, 0) is 4.79 Å². The van der Waals surface area contributed by atoms with E-state index < -0.39 is 10.2 Å². The smallest absolute Gasteiger partial charge is 0.324 e. The van der Waals surface area contributed by atoms with Crippen LogP contribution in [-0.4, -0.2) is 22.7 Å². The topological polar surface area (TPSA) is 78.7 Å². The summed E-state index contributed by atoms with van der Waals surface area (Å²) in [6.45, 7) is 4.40. The minimum atomic E-state index is -0.458. The standard InChI is InChI=1S/C18H19NO5S/c1-3-12-23-15-6-8-16(9-7-15)24-18(20)13(2)25-17-10-4-14(5-11-17)19(21)22/h4-11,13H,3,12H2,1-2H3. The number of nitrogens with zero attached hydrogens (tertiary/aromatic N) is 1. The van der Waals surface area contributed by atoms with Crippen LogP contribution < -0.4 is 9.47 Å². The molecule has 0 aliphatic carbocycles. The number of nitro benzene ring substituents is 1. The average molecular weight is 361 g/mol. The van der Waals surface area contributed by atoms with Gasteiger partial charge in [0, 0.05) is 17.0 Å². The lowest BCUT2D eigenvalue weighted by atomic mass is 10.3. The van der Waals surface area contributed by atoms with Crippen molar-refractivity contribution >= 4 is 23.4 Å². The highest BCUT2D eigenvalue weighted by Gasteiger charge is 2.17. The number of non-ortho nitro benzene ring substituents is 1. The Bertz CT molecular complexity index is 715. The molecule has 0 aliphatic rings. The van der Waals surface area contributed by atoms with E-state index in [0.717, 1.165) is 17.1 Å². The Morgan fingerprint density at radius 1 is 1.12 bits per heavy atom. The van der Waals surface area contributed by atoms with Crippen LogP contribution in [0, 0.1) is 10.1 Å². The maximum Gasteiger partial charge on any atom is 0.324 e. The number of ether oxygens (including phenoxy) is 2. The number of hydrogen-bond acceptors (Lipinski definition) is 6. The van der Waals surface area contributed by atoms with Gasteiger partial charge in [-0.2, -0.15) is 0 Å². The highest BCUT2D eigenvalue weighted by atomic mass is 32.2. The second kappa shape index (κ2) is 9.08. The van der Waals surface area contributed by atoms with Crippen molar-refractivity contribution in [2.75, 3.05) is 6.61 Å². The molecule has 0 heterocycles. The summed E-state index contributed by atoms with van der Waals surface area (Å²) in [6, 6.07) is 12.9. The van der Waals surface area contributed by atoms with E-state index in [1.165, 1.54) is 23.9 Å². The van der Waals surface area contributed by atoms with Gasteiger partial charge in [0.15, 0.2) is 0 Å². The first kappa shape index (κ1) is 18.8. The molecule has 1 atom stereocenters. The molecule has 0 aromatic heterocycles. The van der Waals surface area contributed by atoms with E-state index in [4.69, 9.17) is 9.47 Å². The molecular weight excluding hydrogens is 342 g/mol. The van der Waals surface area contributed by atoms with Gasteiger partial charge in [-0.05, 0) is 49.7 Å². The van der Waals surface area contributed by atoms with Gasteiger partial charge < -0.3 is 9.47 Å². The maximum atomic E-state index is 12.2. The van der Waals surface area contributed by atoms with Crippen LogP contribution in [0.3, 0.4) is 0 Å². The highest BCUT2D eigenvalue weighted by Crippen LogP contribution is 2.27. The Kier molecular flexibility index (Phi) is 6.82. The fourth-order valence-electron chi connectivity index (χ4n) is 1.92. The molecule has 2 aromatic rings. The second-order valence-corrected chi connectivity index (χ2v) is 6.67. The zero-order valence-corrected chi connectivity index (χ0v) is 14.8. The predicted molar refractivity (Wildman–Crippen MR) is 96.3 cm³/mol. The van der Waals surface area contributed by atoms with E-state index in [9.17, 15) is 14.9 Å². The number of benzene rings is 2. The number of thioether (sulfide) groups is 1. The van der Waals surface area contributed by atoms with E-state index in [2.05, 4.69) is 0 Å². The Hall–Kier alpha value is -2.54. The van der Waals surface area contributed by atoms with Crippen molar-refractivity contribution in [2.24, 2.45) is 0 Å². The van der Waals surface area contributed by atoms with Crippen molar-refractivity contribution in [3.8, 4) is 11.5 Å². The molecule has 1 unspecified atom stereocenters. The first-order valence-corrected chi connectivity index (χ1v) is 8.73. The first-order valence-electron chi connectivity index (χ1n) is 7.85. The van der Waals surface area contributed by atoms with Gasteiger partial charge in [0.1, 0.15) is 16.7 Å². The lowest BCUT2D eigenvalue weighted by Crippen LogP contribution is -2.19. The monoisotopic (exact) mass is 361 g/mol. The molecule has 0 radical (unpaired) electrons. The fraction of sp³-hybridized carbons (Fsp3) is 0.278. The number of hydrogen-bond donors (Lipinski definition) is 0. The van der Waals surface area contributed by atoms with Crippen LogP contribution in [0.15, 0.2) is 53.4 Å². The summed E-state index contributed by atoms with van der Waals surface area (Å²) in [4.78, 5) is 23.1. The third-order valence-electron chi connectivity index (χ3n) is 3.21. The van der Waals surface area contributed by atoms with Gasteiger partial charge in [-0.25, -0.2) is 0 Å². The minimum absolute atomic E-state index is 0.0185. The van der Waals surface area contributed by atoms with Gasteiger partial charge in [0.25, 0.3) is 5.69 Å². The quantitative estimate of drug-likeness (QED) is 0.227. The van der Waals surface area contributed by atoms with Gasteiger partial charge in [-0.15, -0.1) is 11.8 Å². The SMILES string of the molecule is CCCOc1ccc(OC(=O)C(C)Sc2ccc([N+](=O)[O-])cc2)cc1. The van der Waals surface area contributed by atoms with Gasteiger partial charge in [0.2, 0.25) is 0 Å². The van der Waals surface area contributed by atoms with Crippen molar-refractivity contribution in [1.82, 2.24) is 0 Å². The molecule has 2 aromatic carbocycles. The van der Waals surface area contributed by atoms with E-state index in [1.807, 2.05) is 6.92 Å². The summed E-state index contributed by atoms with van der Waals surface area (Å²) < 4.78 is 10.8. The first-order chi connectivity index (χ1) is 12.0. The molecule has 0 saturated heterocycles. The van der Waals surface area contributed by atoms with E-state index in [-0.39, 0.29) is 11.7 Å². The molecule has 0 amide bonds. The number of carbonyl (C=O) groups is 1. The third kappa shape index (κ3) is 5.79.